The van der Waals surface area contributed by atoms with Crippen LogP contribution >= 0.6 is 0 Å². The van der Waals surface area contributed by atoms with E-state index in [2.05, 4.69) is 4.90 Å². The lowest BCUT2D eigenvalue weighted by molar-refractivity contribution is -0.385. The van der Waals surface area contributed by atoms with Gasteiger partial charge in [-0.2, -0.15) is 0 Å². The molecule has 2 rings (SSSR count). The van der Waals surface area contributed by atoms with Crippen molar-refractivity contribution in [1.82, 2.24) is 0 Å². The molecule has 104 valence electrons. The number of nitro benzene ring substituents is 1. The van der Waals surface area contributed by atoms with Gasteiger partial charge in [0, 0.05) is 37.0 Å². The Labute approximate surface area is 112 Å². The normalized spacial score (nSPS) is 18.6. The van der Waals surface area contributed by atoms with Crippen molar-refractivity contribution in [3.8, 4) is 5.75 Å². The molecule has 19 heavy (non-hydrogen) atoms. The molecule has 1 aromatic rings. The van der Waals surface area contributed by atoms with Crippen LogP contribution in [0, 0.1) is 10.1 Å². The van der Waals surface area contributed by atoms with Crippen molar-refractivity contribution in [1.29, 1.82) is 0 Å². The number of hydrogen-bond donors (Lipinski definition) is 1. The summed E-state index contributed by atoms with van der Waals surface area (Å²) in [7, 11) is 0. The van der Waals surface area contributed by atoms with E-state index in [0.29, 0.717) is 24.9 Å². The highest BCUT2D eigenvalue weighted by atomic mass is 16.6. The molecule has 6 heteroatoms. The van der Waals surface area contributed by atoms with Gasteiger partial charge in [-0.1, -0.05) is 0 Å². The van der Waals surface area contributed by atoms with Crippen LogP contribution in [0.25, 0.3) is 0 Å². The number of nitro groups is 1. The van der Waals surface area contributed by atoms with Crippen molar-refractivity contribution < 1.29 is 9.66 Å². The van der Waals surface area contributed by atoms with Gasteiger partial charge in [0.05, 0.1) is 11.5 Å². The molecule has 1 atom stereocenters. The monoisotopic (exact) mass is 265 g/mol. The first-order valence-corrected chi connectivity index (χ1v) is 6.55. The number of rotatable bonds is 5. The van der Waals surface area contributed by atoms with Gasteiger partial charge in [0.25, 0.3) is 0 Å². The van der Waals surface area contributed by atoms with E-state index in [9.17, 15) is 10.1 Å². The summed E-state index contributed by atoms with van der Waals surface area (Å²) in [4.78, 5) is 12.7. The fourth-order valence-corrected chi connectivity index (χ4v) is 2.52. The van der Waals surface area contributed by atoms with Crippen LogP contribution in [0.1, 0.15) is 19.8 Å². The Kier molecular flexibility index (Phi) is 4.21. The Hall–Kier alpha value is -1.82. The second kappa shape index (κ2) is 5.88. The highest BCUT2D eigenvalue weighted by Crippen LogP contribution is 2.34. The van der Waals surface area contributed by atoms with E-state index in [1.165, 1.54) is 6.07 Å². The highest BCUT2D eigenvalue weighted by molar-refractivity contribution is 5.60. The molecule has 0 bridgehead atoms. The topological polar surface area (TPSA) is 81.6 Å². The molecule has 1 heterocycles. The minimum Gasteiger partial charge on any atom is -0.487 e. The summed E-state index contributed by atoms with van der Waals surface area (Å²) < 4.78 is 5.37. The summed E-state index contributed by atoms with van der Waals surface area (Å²) in [5.74, 6) is 0.327. The Morgan fingerprint density at radius 3 is 3.00 bits per heavy atom. The van der Waals surface area contributed by atoms with Crippen LogP contribution in [0.5, 0.6) is 5.75 Å². The Balaban J connectivity index is 2.32. The lowest BCUT2D eigenvalue weighted by atomic mass is 10.2. The molecule has 0 aliphatic carbocycles. The maximum absolute atomic E-state index is 10.9. The quantitative estimate of drug-likeness (QED) is 0.649. The molecule has 0 amide bonds. The van der Waals surface area contributed by atoms with E-state index in [1.807, 2.05) is 6.92 Å². The molecule has 1 unspecified atom stereocenters. The number of hydrogen-bond acceptors (Lipinski definition) is 5. The fourth-order valence-electron chi connectivity index (χ4n) is 2.52. The zero-order valence-corrected chi connectivity index (χ0v) is 11.0. The fraction of sp³-hybridized carbons (Fsp3) is 0.538. The standard InChI is InChI=1S/C13H19N3O3/c1-2-19-13-8-10(5-6-12(13)16(17)18)15-7-3-4-11(15)9-14/h5-6,8,11H,2-4,7,9,14H2,1H3. The molecular weight excluding hydrogens is 246 g/mol. The first-order valence-electron chi connectivity index (χ1n) is 6.55. The summed E-state index contributed by atoms with van der Waals surface area (Å²) in [6.07, 6.45) is 2.17. The number of nitrogens with zero attached hydrogens (tertiary/aromatic N) is 2. The molecule has 0 saturated carbocycles. The first-order chi connectivity index (χ1) is 9.17. The number of anilines is 1. The van der Waals surface area contributed by atoms with Gasteiger partial charge >= 0.3 is 5.69 Å². The summed E-state index contributed by atoms with van der Waals surface area (Å²) in [6.45, 7) is 3.76. The van der Waals surface area contributed by atoms with Gasteiger partial charge in [0.1, 0.15) is 0 Å². The van der Waals surface area contributed by atoms with E-state index < -0.39 is 4.92 Å². The van der Waals surface area contributed by atoms with Crippen LogP contribution in [-0.4, -0.2) is 30.7 Å². The van der Waals surface area contributed by atoms with Crippen LogP contribution in [0.2, 0.25) is 0 Å². The van der Waals surface area contributed by atoms with Gasteiger partial charge in [0.2, 0.25) is 0 Å². The second-order valence-electron chi connectivity index (χ2n) is 4.57. The number of nitrogens with two attached hydrogens (primary N) is 1. The molecule has 1 aromatic carbocycles. The zero-order valence-electron chi connectivity index (χ0n) is 11.0. The third kappa shape index (κ3) is 2.78. The van der Waals surface area contributed by atoms with Crippen LogP contribution in [0.3, 0.4) is 0 Å². The van der Waals surface area contributed by atoms with Crippen LogP contribution in [-0.2, 0) is 0 Å². The lowest BCUT2D eigenvalue weighted by Gasteiger charge is -2.26. The minimum atomic E-state index is -0.417. The SMILES string of the molecule is CCOc1cc(N2CCCC2CN)ccc1[N+](=O)[O-]. The molecule has 1 fully saturated rings. The van der Waals surface area contributed by atoms with Gasteiger partial charge in [0.15, 0.2) is 5.75 Å². The van der Waals surface area contributed by atoms with Crippen LogP contribution < -0.4 is 15.4 Å². The second-order valence-corrected chi connectivity index (χ2v) is 4.57. The molecule has 1 aliphatic heterocycles. The van der Waals surface area contributed by atoms with E-state index in [1.54, 1.807) is 12.1 Å². The number of ether oxygens (including phenoxy) is 1. The predicted octanol–water partition coefficient (Wildman–Crippen LogP) is 1.92. The van der Waals surface area contributed by atoms with Crippen molar-refractivity contribution in [2.75, 3.05) is 24.6 Å². The first kappa shape index (κ1) is 13.6. The average Bonchev–Trinajstić information content (AvgIpc) is 2.87. The van der Waals surface area contributed by atoms with Gasteiger partial charge in [-0.3, -0.25) is 10.1 Å². The highest BCUT2D eigenvalue weighted by Gasteiger charge is 2.25. The molecule has 0 aromatic heterocycles. The summed E-state index contributed by atoms with van der Waals surface area (Å²) >= 11 is 0. The maximum atomic E-state index is 10.9. The number of benzene rings is 1. The van der Waals surface area contributed by atoms with Gasteiger partial charge in [-0.25, -0.2) is 0 Å². The van der Waals surface area contributed by atoms with E-state index >= 15 is 0 Å². The van der Waals surface area contributed by atoms with Crippen molar-refractivity contribution in [2.24, 2.45) is 5.73 Å². The molecular formula is C13H19N3O3. The molecule has 2 N–H and O–H groups in total. The molecule has 6 nitrogen and oxygen atoms in total. The summed E-state index contributed by atoms with van der Waals surface area (Å²) in [5.41, 5.74) is 6.71. The Morgan fingerprint density at radius 2 is 2.37 bits per heavy atom. The summed E-state index contributed by atoms with van der Waals surface area (Å²) in [5, 5.41) is 10.9. The average molecular weight is 265 g/mol. The molecule has 1 saturated heterocycles. The van der Waals surface area contributed by atoms with Crippen LogP contribution in [0.4, 0.5) is 11.4 Å². The lowest BCUT2D eigenvalue weighted by Crippen LogP contribution is -2.35. The molecule has 0 radical (unpaired) electrons. The summed E-state index contributed by atoms with van der Waals surface area (Å²) in [6, 6.07) is 5.34. The third-order valence-electron chi connectivity index (χ3n) is 3.42. The smallest absolute Gasteiger partial charge is 0.311 e. The minimum absolute atomic E-state index is 0.00842. The van der Waals surface area contributed by atoms with Gasteiger partial charge < -0.3 is 15.4 Å². The Morgan fingerprint density at radius 1 is 1.58 bits per heavy atom. The van der Waals surface area contributed by atoms with Crippen molar-refractivity contribution >= 4 is 11.4 Å². The van der Waals surface area contributed by atoms with E-state index in [4.69, 9.17) is 10.5 Å². The largest absolute Gasteiger partial charge is 0.487 e. The van der Waals surface area contributed by atoms with Crippen molar-refractivity contribution in [2.45, 2.75) is 25.8 Å². The molecule has 1 aliphatic rings. The Bertz CT molecular complexity index is 464. The third-order valence-corrected chi connectivity index (χ3v) is 3.42. The maximum Gasteiger partial charge on any atom is 0.311 e. The molecule has 0 spiro atoms. The van der Waals surface area contributed by atoms with Gasteiger partial charge in [-0.15, -0.1) is 0 Å². The van der Waals surface area contributed by atoms with E-state index in [0.717, 1.165) is 25.1 Å². The van der Waals surface area contributed by atoms with Crippen molar-refractivity contribution in [3.05, 3.63) is 28.3 Å². The van der Waals surface area contributed by atoms with Crippen LogP contribution in [0.15, 0.2) is 18.2 Å². The van der Waals surface area contributed by atoms with Gasteiger partial charge in [-0.05, 0) is 25.8 Å². The van der Waals surface area contributed by atoms with Crippen molar-refractivity contribution in [3.63, 3.8) is 0 Å². The zero-order chi connectivity index (χ0) is 13.8. The predicted molar refractivity (Wildman–Crippen MR) is 73.7 cm³/mol. The van der Waals surface area contributed by atoms with E-state index in [-0.39, 0.29) is 5.69 Å².